The van der Waals surface area contributed by atoms with Crippen LogP contribution in [0.3, 0.4) is 0 Å². The van der Waals surface area contributed by atoms with E-state index in [0.29, 0.717) is 36.2 Å². The van der Waals surface area contributed by atoms with Crippen LogP contribution >= 0.6 is 11.8 Å². The van der Waals surface area contributed by atoms with Gasteiger partial charge < -0.3 is 10.6 Å². The average Bonchev–Trinajstić information content (AvgIpc) is 3.30. The molecular formula is C31H31N5O3S. The Balaban J connectivity index is 1.33. The molecule has 3 amide bonds. The van der Waals surface area contributed by atoms with Gasteiger partial charge in [-0.3, -0.25) is 19.3 Å². The van der Waals surface area contributed by atoms with Gasteiger partial charge in [0.05, 0.1) is 17.4 Å². The number of amides is 3. The van der Waals surface area contributed by atoms with Crippen molar-refractivity contribution in [1.29, 1.82) is 0 Å². The minimum absolute atomic E-state index is 0.0726. The highest BCUT2D eigenvalue weighted by Crippen LogP contribution is 2.36. The Labute approximate surface area is 238 Å². The van der Waals surface area contributed by atoms with E-state index in [1.165, 1.54) is 11.8 Å². The Morgan fingerprint density at radius 2 is 1.57 bits per heavy atom. The van der Waals surface area contributed by atoms with Crippen LogP contribution in [0.15, 0.2) is 88.8 Å². The molecule has 0 bridgehead atoms. The Bertz CT molecular complexity index is 1470. The van der Waals surface area contributed by atoms with E-state index in [-0.39, 0.29) is 18.2 Å². The van der Waals surface area contributed by atoms with Crippen LogP contribution in [0, 0.1) is 6.92 Å². The summed E-state index contributed by atoms with van der Waals surface area (Å²) in [4.78, 5) is 50.2. The van der Waals surface area contributed by atoms with E-state index >= 15 is 0 Å². The van der Waals surface area contributed by atoms with Gasteiger partial charge in [0.25, 0.3) is 5.91 Å². The van der Waals surface area contributed by atoms with Crippen LogP contribution in [0.1, 0.15) is 42.0 Å². The predicted octanol–water partition coefficient (Wildman–Crippen LogP) is 4.49. The molecule has 2 aliphatic heterocycles. The zero-order valence-electron chi connectivity index (χ0n) is 22.5. The first kappa shape index (κ1) is 27.3. The van der Waals surface area contributed by atoms with Crippen molar-refractivity contribution in [2.45, 2.75) is 51.1 Å². The summed E-state index contributed by atoms with van der Waals surface area (Å²) < 4.78 is 0. The summed E-state index contributed by atoms with van der Waals surface area (Å²) in [6.07, 6.45) is 0.485. The molecule has 2 aliphatic rings. The van der Waals surface area contributed by atoms with Gasteiger partial charge >= 0.3 is 0 Å². The quantitative estimate of drug-likeness (QED) is 0.407. The number of thioether (sulfide) groups is 1. The zero-order valence-corrected chi connectivity index (χ0v) is 23.3. The van der Waals surface area contributed by atoms with E-state index in [4.69, 9.17) is 4.99 Å². The fourth-order valence-corrected chi connectivity index (χ4v) is 5.68. The molecule has 8 nitrogen and oxygen atoms in total. The Hall–Kier alpha value is -4.24. The molecule has 5 rings (SSSR count). The van der Waals surface area contributed by atoms with Crippen LogP contribution in [0.25, 0.3) is 0 Å². The van der Waals surface area contributed by atoms with Crippen molar-refractivity contribution in [3.05, 3.63) is 101 Å². The molecule has 0 fully saturated rings. The van der Waals surface area contributed by atoms with Crippen molar-refractivity contribution < 1.29 is 14.4 Å². The molecule has 2 unspecified atom stereocenters. The lowest BCUT2D eigenvalue weighted by atomic mass is 10.1. The van der Waals surface area contributed by atoms with Gasteiger partial charge in [0.15, 0.2) is 5.17 Å². The van der Waals surface area contributed by atoms with Crippen LogP contribution in [0.2, 0.25) is 0 Å². The number of hydrogen-bond acceptors (Lipinski definition) is 6. The van der Waals surface area contributed by atoms with Crippen molar-refractivity contribution in [2.75, 3.05) is 0 Å². The summed E-state index contributed by atoms with van der Waals surface area (Å²) in [6.45, 7) is 4.76. The van der Waals surface area contributed by atoms with E-state index in [1.54, 1.807) is 4.90 Å². The maximum absolute atomic E-state index is 13.2. The van der Waals surface area contributed by atoms with Gasteiger partial charge in [0.1, 0.15) is 11.9 Å². The number of amidine groups is 2. The lowest BCUT2D eigenvalue weighted by Gasteiger charge is -2.32. The van der Waals surface area contributed by atoms with Crippen molar-refractivity contribution in [3.63, 3.8) is 0 Å². The van der Waals surface area contributed by atoms with Gasteiger partial charge in [0, 0.05) is 18.7 Å². The van der Waals surface area contributed by atoms with Gasteiger partial charge in [-0.1, -0.05) is 91.0 Å². The fourth-order valence-electron chi connectivity index (χ4n) is 4.59. The van der Waals surface area contributed by atoms with Crippen LogP contribution < -0.4 is 10.6 Å². The average molecular weight is 554 g/mol. The van der Waals surface area contributed by atoms with Crippen LogP contribution in [-0.2, 0) is 27.5 Å². The highest BCUT2D eigenvalue weighted by molar-refractivity contribution is 8.15. The summed E-state index contributed by atoms with van der Waals surface area (Å²) in [5, 5.41) is 5.97. The molecule has 3 aromatic carbocycles. The van der Waals surface area contributed by atoms with E-state index in [0.717, 1.165) is 22.3 Å². The van der Waals surface area contributed by atoms with E-state index in [2.05, 4.69) is 15.6 Å². The molecule has 2 heterocycles. The highest BCUT2D eigenvalue weighted by Gasteiger charge is 2.43. The number of nitrogens with zero attached hydrogens (tertiary/aromatic N) is 3. The number of nitrogens with one attached hydrogen (secondary N) is 2. The maximum atomic E-state index is 13.2. The summed E-state index contributed by atoms with van der Waals surface area (Å²) in [5.74, 6) is -0.304. The van der Waals surface area contributed by atoms with Gasteiger partial charge in [-0.15, -0.1) is 0 Å². The topological polar surface area (TPSA) is 103 Å². The van der Waals surface area contributed by atoms with Gasteiger partial charge in [-0.2, -0.15) is 4.99 Å². The largest absolute Gasteiger partial charge is 0.352 e. The molecule has 0 aromatic heterocycles. The number of para-hydroxylation sites is 1. The molecule has 0 saturated heterocycles. The lowest BCUT2D eigenvalue weighted by Crippen LogP contribution is -2.47. The molecule has 9 heteroatoms. The highest BCUT2D eigenvalue weighted by atomic mass is 32.2. The van der Waals surface area contributed by atoms with Gasteiger partial charge in [0.2, 0.25) is 11.8 Å². The molecule has 2 N–H and O–H groups in total. The van der Waals surface area contributed by atoms with E-state index in [1.807, 2.05) is 92.7 Å². The SMILES string of the molecule is CCC(SC1=Nc2ccccc2C2=NC(=O)C(CC(=O)NCc3ccccc3)N12)C(=O)NCc1ccc(C)cc1. The first-order chi connectivity index (χ1) is 19.4. The van der Waals surface area contributed by atoms with Crippen LogP contribution in [0.4, 0.5) is 5.69 Å². The summed E-state index contributed by atoms with van der Waals surface area (Å²) >= 11 is 1.29. The zero-order chi connectivity index (χ0) is 28.1. The molecule has 2 atom stereocenters. The number of aliphatic imine (C=N–C) groups is 2. The Kier molecular flexibility index (Phi) is 8.40. The molecular weight excluding hydrogens is 522 g/mol. The second-order valence-corrected chi connectivity index (χ2v) is 10.9. The minimum Gasteiger partial charge on any atom is -0.352 e. The molecule has 0 aliphatic carbocycles. The number of benzene rings is 3. The number of carbonyl (C=O) groups is 3. The van der Waals surface area contributed by atoms with E-state index in [9.17, 15) is 14.4 Å². The summed E-state index contributed by atoms with van der Waals surface area (Å²) in [5.41, 5.74) is 4.55. The number of aryl methyl sites for hydroxylation is 1. The summed E-state index contributed by atoms with van der Waals surface area (Å²) in [7, 11) is 0. The predicted molar refractivity (Wildman–Crippen MR) is 158 cm³/mol. The van der Waals surface area contributed by atoms with Crippen molar-refractivity contribution >= 4 is 46.2 Å². The second-order valence-electron chi connectivity index (χ2n) is 9.76. The lowest BCUT2D eigenvalue weighted by molar-refractivity contribution is -0.126. The summed E-state index contributed by atoms with van der Waals surface area (Å²) in [6, 6.07) is 24.3. The maximum Gasteiger partial charge on any atom is 0.271 e. The second kappa shape index (κ2) is 12.3. The normalized spacial score (nSPS) is 16.4. The third kappa shape index (κ3) is 6.15. The Morgan fingerprint density at radius 1 is 0.900 bits per heavy atom. The van der Waals surface area contributed by atoms with Gasteiger partial charge in [-0.05, 0) is 36.6 Å². The minimum atomic E-state index is -0.835. The monoisotopic (exact) mass is 553 g/mol. The molecule has 0 spiro atoms. The standard InChI is InChI=1S/C31H31N5O3S/c1-3-26(30(39)33-19-22-15-13-20(2)14-16-22)40-31-34-24-12-8-7-11-23(24)28-35-29(38)25(36(28)31)17-27(37)32-18-21-9-5-4-6-10-21/h4-16,25-26H,3,17-19H2,1-2H3,(H,32,37)(H,33,39). The molecule has 3 aromatic rings. The van der Waals surface area contributed by atoms with Crippen molar-refractivity contribution in [3.8, 4) is 0 Å². The first-order valence-electron chi connectivity index (χ1n) is 13.3. The number of rotatable bonds is 9. The van der Waals surface area contributed by atoms with Crippen LogP contribution in [0.5, 0.6) is 0 Å². The number of carbonyl (C=O) groups excluding carboxylic acids is 3. The van der Waals surface area contributed by atoms with Crippen LogP contribution in [-0.4, -0.2) is 44.9 Å². The number of hydrogen-bond donors (Lipinski definition) is 2. The van der Waals surface area contributed by atoms with E-state index < -0.39 is 17.2 Å². The Morgan fingerprint density at radius 3 is 2.33 bits per heavy atom. The third-order valence-corrected chi connectivity index (χ3v) is 8.15. The number of fused-ring (bicyclic) bond motifs is 3. The van der Waals surface area contributed by atoms with Crippen molar-refractivity contribution in [1.82, 2.24) is 15.5 Å². The molecule has 204 valence electrons. The smallest absolute Gasteiger partial charge is 0.271 e. The van der Waals surface area contributed by atoms with Crippen molar-refractivity contribution in [2.24, 2.45) is 9.98 Å². The molecule has 0 saturated carbocycles. The first-order valence-corrected chi connectivity index (χ1v) is 14.2. The van der Waals surface area contributed by atoms with Gasteiger partial charge in [-0.25, -0.2) is 4.99 Å². The fraction of sp³-hybridized carbons (Fsp3) is 0.258. The molecule has 40 heavy (non-hydrogen) atoms. The molecule has 0 radical (unpaired) electrons. The third-order valence-electron chi connectivity index (χ3n) is 6.82.